The number of carbonyl (C=O) groups is 1. The van der Waals surface area contributed by atoms with Gasteiger partial charge in [-0.3, -0.25) is 0 Å². The molecule has 6 nitrogen and oxygen atoms in total. The van der Waals surface area contributed by atoms with E-state index >= 15 is 0 Å². The fourth-order valence-corrected chi connectivity index (χ4v) is 4.00. The van der Waals surface area contributed by atoms with Crippen molar-refractivity contribution in [3.8, 4) is 6.07 Å². The Balaban J connectivity index is 1.89. The fourth-order valence-electron chi connectivity index (χ4n) is 4.00. The molecule has 0 saturated heterocycles. The van der Waals surface area contributed by atoms with Gasteiger partial charge in [0.25, 0.3) is 0 Å². The minimum Gasteiger partial charge on any atom is -0.463 e. The van der Waals surface area contributed by atoms with Gasteiger partial charge in [0.1, 0.15) is 17.4 Å². The van der Waals surface area contributed by atoms with Crippen LogP contribution >= 0.6 is 0 Å². The quantitative estimate of drug-likeness (QED) is 0.725. The molecule has 1 heterocycles. The maximum Gasteiger partial charge on any atom is 0.338 e. The lowest BCUT2D eigenvalue weighted by atomic mass is 9.82. The summed E-state index contributed by atoms with van der Waals surface area (Å²) in [5, 5.41) is 9.68. The molecule has 3 rings (SSSR count). The van der Waals surface area contributed by atoms with Gasteiger partial charge in [0.15, 0.2) is 0 Å². The summed E-state index contributed by atoms with van der Waals surface area (Å²) in [6.07, 6.45) is 6.23. The van der Waals surface area contributed by atoms with E-state index in [1.165, 1.54) is 19.3 Å². The minimum absolute atomic E-state index is 0.0203. The summed E-state index contributed by atoms with van der Waals surface area (Å²) in [5.41, 5.74) is 8.27. The topological polar surface area (TPSA) is 94.6 Å². The normalized spacial score (nSPS) is 20.2. The van der Waals surface area contributed by atoms with Crippen LogP contribution in [0.15, 0.2) is 47.1 Å². The lowest BCUT2D eigenvalue weighted by Gasteiger charge is -2.27. The number of benzene rings is 1. The van der Waals surface area contributed by atoms with Gasteiger partial charge in [-0.2, -0.15) is 5.26 Å². The highest BCUT2D eigenvalue weighted by Gasteiger charge is 2.36. The van der Waals surface area contributed by atoms with Crippen LogP contribution in [0.25, 0.3) is 0 Å². The lowest BCUT2D eigenvalue weighted by molar-refractivity contribution is -0.139. The highest BCUT2D eigenvalue weighted by molar-refractivity contribution is 5.92. The molecular formula is C23H28N2O4. The number of allylic oxidation sites excluding steroid dienone is 2. The third-order valence-corrected chi connectivity index (χ3v) is 5.42. The Morgan fingerprint density at radius 3 is 2.76 bits per heavy atom. The van der Waals surface area contributed by atoms with E-state index in [1.54, 1.807) is 13.8 Å². The zero-order chi connectivity index (χ0) is 20.8. The average molecular weight is 396 g/mol. The van der Waals surface area contributed by atoms with Crippen LogP contribution in [-0.2, 0) is 25.6 Å². The molecule has 1 saturated carbocycles. The predicted molar refractivity (Wildman–Crippen MR) is 108 cm³/mol. The Labute approximate surface area is 171 Å². The van der Waals surface area contributed by atoms with Crippen molar-refractivity contribution in [2.24, 2.45) is 5.73 Å². The largest absolute Gasteiger partial charge is 0.463 e. The van der Waals surface area contributed by atoms with Gasteiger partial charge >= 0.3 is 5.97 Å². The number of rotatable bonds is 6. The molecule has 154 valence electrons. The number of nitriles is 1. The van der Waals surface area contributed by atoms with E-state index in [1.807, 2.05) is 24.3 Å². The van der Waals surface area contributed by atoms with Crippen molar-refractivity contribution in [2.45, 2.75) is 64.6 Å². The van der Waals surface area contributed by atoms with Crippen LogP contribution < -0.4 is 5.73 Å². The molecule has 1 atom stereocenters. The Hall–Kier alpha value is -2.78. The van der Waals surface area contributed by atoms with Crippen LogP contribution in [0.2, 0.25) is 0 Å². The predicted octanol–water partition coefficient (Wildman–Crippen LogP) is 4.18. The van der Waals surface area contributed by atoms with E-state index in [-0.39, 0.29) is 18.1 Å². The first-order chi connectivity index (χ1) is 14.0. The van der Waals surface area contributed by atoms with E-state index in [2.05, 4.69) is 6.07 Å². The number of hydrogen-bond donors (Lipinski definition) is 1. The summed E-state index contributed by atoms with van der Waals surface area (Å²) in [7, 11) is 0. The summed E-state index contributed by atoms with van der Waals surface area (Å²) in [4.78, 5) is 12.6. The molecule has 0 bridgehead atoms. The van der Waals surface area contributed by atoms with Crippen molar-refractivity contribution in [3.05, 3.63) is 58.2 Å². The highest BCUT2D eigenvalue weighted by atomic mass is 16.5. The maximum atomic E-state index is 12.6. The standard InChI is InChI=1S/C23H28N2O4/c1-3-27-23(26)20-15(2)29-22(25)19(13-24)21(20)17-9-7-8-16(12-17)14-28-18-10-5-4-6-11-18/h7-9,12,18,21H,3-6,10-11,14,25H2,1-2H3. The molecule has 1 aromatic rings. The first kappa shape index (κ1) is 20.9. The second kappa shape index (κ2) is 9.62. The van der Waals surface area contributed by atoms with Gasteiger partial charge < -0.3 is 19.9 Å². The van der Waals surface area contributed by atoms with Crippen molar-refractivity contribution in [1.29, 1.82) is 5.26 Å². The summed E-state index contributed by atoms with van der Waals surface area (Å²) in [6, 6.07) is 9.87. The second-order valence-corrected chi connectivity index (χ2v) is 7.43. The van der Waals surface area contributed by atoms with Crippen molar-refractivity contribution in [2.75, 3.05) is 6.61 Å². The van der Waals surface area contributed by atoms with Gasteiger partial charge in [-0.15, -0.1) is 0 Å². The monoisotopic (exact) mass is 396 g/mol. The van der Waals surface area contributed by atoms with E-state index in [0.29, 0.717) is 24.0 Å². The second-order valence-electron chi connectivity index (χ2n) is 7.43. The molecular weight excluding hydrogens is 368 g/mol. The van der Waals surface area contributed by atoms with E-state index in [0.717, 1.165) is 24.0 Å². The lowest BCUT2D eigenvalue weighted by Crippen LogP contribution is -2.25. The third-order valence-electron chi connectivity index (χ3n) is 5.42. The zero-order valence-corrected chi connectivity index (χ0v) is 17.1. The van der Waals surface area contributed by atoms with Gasteiger partial charge in [0.05, 0.1) is 30.8 Å². The van der Waals surface area contributed by atoms with E-state index in [9.17, 15) is 10.1 Å². The summed E-state index contributed by atoms with van der Waals surface area (Å²) >= 11 is 0. The van der Waals surface area contributed by atoms with Crippen LogP contribution in [-0.4, -0.2) is 18.7 Å². The number of nitrogens with two attached hydrogens (primary N) is 1. The average Bonchev–Trinajstić information content (AvgIpc) is 2.73. The molecule has 2 aliphatic rings. The molecule has 6 heteroatoms. The molecule has 1 aromatic carbocycles. The van der Waals surface area contributed by atoms with Crippen molar-refractivity contribution < 1.29 is 19.0 Å². The first-order valence-electron chi connectivity index (χ1n) is 10.2. The summed E-state index contributed by atoms with van der Waals surface area (Å²) in [6.45, 7) is 4.14. The van der Waals surface area contributed by atoms with Gasteiger partial charge in [0, 0.05) is 0 Å². The van der Waals surface area contributed by atoms with Crippen LogP contribution in [0.3, 0.4) is 0 Å². The highest BCUT2D eigenvalue weighted by Crippen LogP contribution is 2.39. The number of hydrogen-bond acceptors (Lipinski definition) is 6. The minimum atomic E-state index is -0.623. The number of carbonyl (C=O) groups excluding carboxylic acids is 1. The molecule has 0 radical (unpaired) electrons. The van der Waals surface area contributed by atoms with Gasteiger partial charge in [0.2, 0.25) is 5.88 Å². The van der Waals surface area contributed by atoms with E-state index in [4.69, 9.17) is 19.9 Å². The van der Waals surface area contributed by atoms with Crippen molar-refractivity contribution in [1.82, 2.24) is 0 Å². The van der Waals surface area contributed by atoms with Crippen LogP contribution in [0.1, 0.15) is 63.0 Å². The van der Waals surface area contributed by atoms with Crippen LogP contribution in [0.5, 0.6) is 0 Å². The Bertz CT molecular complexity index is 860. The van der Waals surface area contributed by atoms with Crippen LogP contribution in [0, 0.1) is 11.3 Å². The SMILES string of the molecule is CCOC(=O)C1=C(C)OC(N)=C(C#N)C1c1cccc(COC2CCCCC2)c1. The molecule has 1 aliphatic heterocycles. The number of nitrogens with zero attached hydrogens (tertiary/aromatic N) is 1. The molecule has 0 amide bonds. The first-order valence-corrected chi connectivity index (χ1v) is 10.2. The molecule has 1 fully saturated rings. The number of ether oxygens (including phenoxy) is 3. The fraction of sp³-hybridized carbons (Fsp3) is 0.478. The summed E-state index contributed by atoms with van der Waals surface area (Å²) in [5.74, 6) is -0.748. The Kier molecular flexibility index (Phi) is 6.95. The molecule has 2 N–H and O–H groups in total. The van der Waals surface area contributed by atoms with Crippen molar-refractivity contribution in [3.63, 3.8) is 0 Å². The van der Waals surface area contributed by atoms with E-state index < -0.39 is 11.9 Å². The Morgan fingerprint density at radius 1 is 1.31 bits per heavy atom. The Morgan fingerprint density at radius 2 is 2.07 bits per heavy atom. The number of esters is 1. The van der Waals surface area contributed by atoms with Gasteiger partial charge in [-0.1, -0.05) is 43.5 Å². The third kappa shape index (κ3) is 4.80. The molecule has 29 heavy (non-hydrogen) atoms. The summed E-state index contributed by atoms with van der Waals surface area (Å²) < 4.78 is 16.8. The molecule has 0 spiro atoms. The van der Waals surface area contributed by atoms with Gasteiger partial charge in [-0.05, 0) is 37.8 Å². The molecule has 1 aliphatic carbocycles. The maximum absolute atomic E-state index is 12.6. The zero-order valence-electron chi connectivity index (χ0n) is 17.1. The molecule has 0 aromatic heterocycles. The van der Waals surface area contributed by atoms with Crippen LogP contribution in [0.4, 0.5) is 0 Å². The van der Waals surface area contributed by atoms with Crippen molar-refractivity contribution >= 4 is 5.97 Å². The van der Waals surface area contributed by atoms with Gasteiger partial charge in [-0.25, -0.2) is 4.79 Å². The molecule has 1 unspecified atom stereocenters. The smallest absolute Gasteiger partial charge is 0.338 e.